The van der Waals surface area contributed by atoms with Gasteiger partial charge >= 0.3 is 0 Å². The van der Waals surface area contributed by atoms with Gasteiger partial charge in [0.25, 0.3) is 0 Å². The number of hydrogen-bond donors (Lipinski definition) is 2. The summed E-state index contributed by atoms with van der Waals surface area (Å²) >= 11 is 0. The fourth-order valence-electron chi connectivity index (χ4n) is 2.10. The third-order valence-corrected chi connectivity index (χ3v) is 5.19. The Morgan fingerprint density at radius 1 is 1.05 bits per heavy atom. The van der Waals surface area contributed by atoms with Crippen LogP contribution in [0.15, 0.2) is 53.4 Å². The number of hydrogen-bond acceptors (Lipinski definition) is 3. The first-order valence-corrected chi connectivity index (χ1v) is 8.55. The Hall–Kier alpha value is -1.69. The van der Waals surface area contributed by atoms with Gasteiger partial charge in [0, 0.05) is 6.54 Å². The summed E-state index contributed by atoms with van der Waals surface area (Å²) in [5.41, 5.74) is 1.35. The van der Waals surface area contributed by atoms with E-state index < -0.39 is 15.6 Å². The van der Waals surface area contributed by atoms with Gasteiger partial charge < -0.3 is 5.11 Å². The number of benzene rings is 2. The van der Waals surface area contributed by atoms with E-state index in [1.807, 2.05) is 32.0 Å². The van der Waals surface area contributed by atoms with E-state index in [1.54, 1.807) is 37.3 Å². The van der Waals surface area contributed by atoms with Gasteiger partial charge in [0.1, 0.15) is 5.60 Å². The molecule has 1 unspecified atom stereocenters. The maximum absolute atomic E-state index is 12.4. The van der Waals surface area contributed by atoms with Crippen LogP contribution in [-0.4, -0.2) is 20.1 Å². The van der Waals surface area contributed by atoms with Crippen LogP contribution in [0.2, 0.25) is 0 Å². The Balaban J connectivity index is 2.17. The Morgan fingerprint density at radius 2 is 1.68 bits per heavy atom. The minimum absolute atomic E-state index is 0.0910. The molecule has 4 nitrogen and oxygen atoms in total. The first-order chi connectivity index (χ1) is 10.2. The lowest BCUT2D eigenvalue weighted by Crippen LogP contribution is -2.38. The Bertz CT molecular complexity index is 753. The molecule has 1 atom stereocenters. The van der Waals surface area contributed by atoms with Gasteiger partial charge in [-0.15, -0.1) is 0 Å². The summed E-state index contributed by atoms with van der Waals surface area (Å²) in [6, 6.07) is 14.0. The first kappa shape index (κ1) is 16.7. The lowest BCUT2D eigenvalue weighted by molar-refractivity contribution is 0.0627. The van der Waals surface area contributed by atoms with Crippen LogP contribution in [-0.2, 0) is 15.6 Å². The number of sulfonamides is 1. The summed E-state index contributed by atoms with van der Waals surface area (Å²) in [6.07, 6.45) is 0. The van der Waals surface area contributed by atoms with Crippen LogP contribution in [0.5, 0.6) is 0 Å². The van der Waals surface area contributed by atoms with E-state index in [9.17, 15) is 13.5 Å². The Kier molecular flexibility index (Phi) is 4.70. The van der Waals surface area contributed by atoms with Crippen molar-refractivity contribution in [1.82, 2.24) is 4.72 Å². The topological polar surface area (TPSA) is 66.4 Å². The molecule has 2 rings (SSSR count). The number of nitrogens with one attached hydrogen (secondary N) is 1. The van der Waals surface area contributed by atoms with Gasteiger partial charge in [-0.05, 0) is 49.6 Å². The van der Waals surface area contributed by atoms with E-state index in [0.717, 1.165) is 11.1 Å². The molecule has 118 valence electrons. The predicted octanol–water partition coefficient (Wildman–Crippen LogP) is 2.49. The highest BCUT2D eigenvalue weighted by atomic mass is 32.2. The lowest BCUT2D eigenvalue weighted by atomic mass is 9.97. The van der Waals surface area contributed by atoms with Gasteiger partial charge in [-0.25, -0.2) is 13.1 Å². The number of rotatable bonds is 5. The van der Waals surface area contributed by atoms with Crippen LogP contribution in [0.4, 0.5) is 0 Å². The molecule has 0 aliphatic rings. The molecule has 0 saturated carbocycles. The van der Waals surface area contributed by atoms with Crippen LogP contribution >= 0.6 is 0 Å². The van der Waals surface area contributed by atoms with Crippen molar-refractivity contribution in [2.24, 2.45) is 0 Å². The molecule has 0 spiro atoms. The number of aryl methyl sites for hydroxylation is 2. The average molecular weight is 319 g/mol. The van der Waals surface area contributed by atoms with Gasteiger partial charge in [-0.1, -0.05) is 36.4 Å². The summed E-state index contributed by atoms with van der Waals surface area (Å²) in [7, 11) is -3.65. The van der Waals surface area contributed by atoms with Crippen LogP contribution in [0, 0.1) is 13.8 Å². The summed E-state index contributed by atoms with van der Waals surface area (Å²) < 4.78 is 27.2. The molecule has 0 amide bonds. The third kappa shape index (κ3) is 3.74. The SMILES string of the molecule is Cc1ccc(S(=O)(=O)NCC(C)(O)c2ccccc2)cc1C. The molecule has 2 N–H and O–H groups in total. The summed E-state index contributed by atoms with van der Waals surface area (Å²) in [5, 5.41) is 10.5. The smallest absolute Gasteiger partial charge is 0.240 e. The second kappa shape index (κ2) is 6.20. The highest BCUT2D eigenvalue weighted by Gasteiger charge is 2.26. The molecule has 0 aliphatic carbocycles. The van der Waals surface area contributed by atoms with Gasteiger partial charge in [-0.3, -0.25) is 0 Å². The van der Waals surface area contributed by atoms with E-state index in [-0.39, 0.29) is 11.4 Å². The van der Waals surface area contributed by atoms with Crippen molar-refractivity contribution in [1.29, 1.82) is 0 Å². The van der Waals surface area contributed by atoms with E-state index >= 15 is 0 Å². The molecule has 0 heterocycles. The molecule has 0 bridgehead atoms. The zero-order chi connectivity index (χ0) is 16.4. The molecule has 0 radical (unpaired) electrons. The van der Waals surface area contributed by atoms with E-state index in [0.29, 0.717) is 5.56 Å². The van der Waals surface area contributed by atoms with Crippen molar-refractivity contribution in [2.45, 2.75) is 31.3 Å². The van der Waals surface area contributed by atoms with Gasteiger partial charge in [-0.2, -0.15) is 0 Å². The fraction of sp³-hybridized carbons (Fsp3) is 0.294. The zero-order valence-corrected chi connectivity index (χ0v) is 13.8. The first-order valence-electron chi connectivity index (χ1n) is 7.07. The second-order valence-corrected chi connectivity index (χ2v) is 7.48. The fourth-order valence-corrected chi connectivity index (χ4v) is 3.32. The van der Waals surface area contributed by atoms with Crippen molar-refractivity contribution in [3.8, 4) is 0 Å². The summed E-state index contributed by atoms with van der Waals surface area (Å²) in [4.78, 5) is 0.208. The standard InChI is InChI=1S/C17H21NO3S/c1-13-9-10-16(11-14(13)2)22(20,21)18-12-17(3,19)15-7-5-4-6-8-15/h4-11,18-19H,12H2,1-3H3. The molecule has 2 aromatic carbocycles. The molecule has 0 aliphatic heterocycles. The van der Waals surface area contributed by atoms with Crippen LogP contribution < -0.4 is 4.72 Å². The molecule has 2 aromatic rings. The molecule has 5 heteroatoms. The maximum Gasteiger partial charge on any atom is 0.240 e. The van der Waals surface area contributed by atoms with Gasteiger partial charge in [0.15, 0.2) is 0 Å². The quantitative estimate of drug-likeness (QED) is 0.890. The monoisotopic (exact) mass is 319 g/mol. The highest BCUT2D eigenvalue weighted by molar-refractivity contribution is 7.89. The normalized spacial score (nSPS) is 14.5. The molecule has 0 aromatic heterocycles. The van der Waals surface area contributed by atoms with Gasteiger partial charge in [0.2, 0.25) is 10.0 Å². The Morgan fingerprint density at radius 3 is 2.27 bits per heavy atom. The highest BCUT2D eigenvalue weighted by Crippen LogP contribution is 2.20. The van der Waals surface area contributed by atoms with Crippen molar-refractivity contribution in [3.63, 3.8) is 0 Å². The van der Waals surface area contributed by atoms with Crippen LogP contribution in [0.3, 0.4) is 0 Å². The molecular weight excluding hydrogens is 298 g/mol. The summed E-state index contributed by atoms with van der Waals surface area (Å²) in [6.45, 7) is 5.30. The lowest BCUT2D eigenvalue weighted by Gasteiger charge is -2.24. The van der Waals surface area contributed by atoms with Crippen molar-refractivity contribution < 1.29 is 13.5 Å². The van der Waals surface area contributed by atoms with E-state index in [2.05, 4.69) is 4.72 Å². The van der Waals surface area contributed by atoms with E-state index in [4.69, 9.17) is 0 Å². The van der Waals surface area contributed by atoms with Crippen LogP contribution in [0.1, 0.15) is 23.6 Å². The predicted molar refractivity (Wildman–Crippen MR) is 87.1 cm³/mol. The van der Waals surface area contributed by atoms with Crippen molar-refractivity contribution in [3.05, 3.63) is 65.2 Å². The third-order valence-electron chi connectivity index (χ3n) is 3.79. The van der Waals surface area contributed by atoms with Crippen molar-refractivity contribution in [2.75, 3.05) is 6.54 Å². The van der Waals surface area contributed by atoms with Crippen molar-refractivity contribution >= 4 is 10.0 Å². The van der Waals surface area contributed by atoms with Gasteiger partial charge in [0.05, 0.1) is 4.90 Å². The van der Waals surface area contributed by atoms with E-state index in [1.165, 1.54) is 0 Å². The molecular formula is C17H21NO3S. The zero-order valence-electron chi connectivity index (χ0n) is 13.0. The largest absolute Gasteiger partial charge is 0.384 e. The Labute approximate surface area is 131 Å². The number of aliphatic hydroxyl groups is 1. The molecule has 0 saturated heterocycles. The summed E-state index contributed by atoms with van der Waals surface area (Å²) in [5.74, 6) is 0. The molecule has 0 fully saturated rings. The average Bonchev–Trinajstić information content (AvgIpc) is 2.49. The minimum Gasteiger partial charge on any atom is -0.384 e. The van der Waals surface area contributed by atoms with Crippen LogP contribution in [0.25, 0.3) is 0 Å². The minimum atomic E-state index is -3.65. The molecule has 22 heavy (non-hydrogen) atoms. The second-order valence-electron chi connectivity index (χ2n) is 5.71. The maximum atomic E-state index is 12.4.